The fraction of sp³-hybridized carbons (Fsp3) is 0.167. The van der Waals surface area contributed by atoms with E-state index in [0.29, 0.717) is 16.7 Å². The number of benzene rings is 1. The maximum absolute atomic E-state index is 12.4. The first-order valence-corrected chi connectivity index (χ1v) is 5.93. The van der Waals surface area contributed by atoms with Crippen molar-refractivity contribution in [1.29, 1.82) is 0 Å². The number of anilines is 1. The summed E-state index contributed by atoms with van der Waals surface area (Å²) in [6, 6.07) is 6.95. The van der Waals surface area contributed by atoms with Crippen LogP contribution in [0.2, 0.25) is 0 Å². The fourth-order valence-corrected chi connectivity index (χ4v) is 2.13. The Labute approximate surface area is 112 Å². The van der Waals surface area contributed by atoms with Gasteiger partial charge in [0, 0.05) is 7.05 Å². The van der Waals surface area contributed by atoms with Crippen molar-refractivity contribution in [2.45, 2.75) is 6.54 Å². The van der Waals surface area contributed by atoms with Crippen molar-refractivity contribution in [2.75, 3.05) is 5.73 Å². The molecule has 3 rings (SSSR count). The summed E-state index contributed by atoms with van der Waals surface area (Å²) in [6.45, 7) is 0.000537. The van der Waals surface area contributed by atoms with Crippen LogP contribution in [0.4, 0.5) is 5.95 Å². The highest BCUT2D eigenvalue weighted by Gasteiger charge is 2.12. The first kappa shape index (κ1) is 12.2. The third-order valence-corrected chi connectivity index (χ3v) is 3.12. The zero-order valence-electron chi connectivity index (χ0n) is 10.7. The molecule has 3 N–H and O–H groups in total. The summed E-state index contributed by atoms with van der Waals surface area (Å²) in [5.74, 6) is 0.433. The van der Waals surface area contributed by atoms with Crippen LogP contribution in [0.25, 0.3) is 10.9 Å². The highest BCUT2D eigenvalue weighted by atomic mass is 16.2. The molecular formula is C12H12N6O2. The number of rotatable bonds is 2. The predicted molar refractivity (Wildman–Crippen MR) is 73.3 cm³/mol. The number of hydrogen-bond acceptors (Lipinski definition) is 5. The van der Waals surface area contributed by atoms with E-state index in [0.717, 1.165) is 4.57 Å². The summed E-state index contributed by atoms with van der Waals surface area (Å²) in [5.41, 5.74) is 5.22. The fourth-order valence-electron chi connectivity index (χ4n) is 2.13. The average Bonchev–Trinajstić information content (AvgIpc) is 2.86. The van der Waals surface area contributed by atoms with Crippen LogP contribution < -0.4 is 17.0 Å². The smallest absolute Gasteiger partial charge is 0.331 e. The van der Waals surface area contributed by atoms with E-state index < -0.39 is 5.69 Å². The Morgan fingerprint density at radius 2 is 2.05 bits per heavy atom. The molecule has 20 heavy (non-hydrogen) atoms. The molecule has 0 bridgehead atoms. The molecule has 0 saturated heterocycles. The van der Waals surface area contributed by atoms with Crippen LogP contribution in [0.3, 0.4) is 0 Å². The number of aromatic nitrogens is 5. The van der Waals surface area contributed by atoms with Gasteiger partial charge in [0.05, 0.1) is 17.4 Å². The van der Waals surface area contributed by atoms with Gasteiger partial charge in [0.1, 0.15) is 5.82 Å². The summed E-state index contributed by atoms with van der Waals surface area (Å²) >= 11 is 0. The third-order valence-electron chi connectivity index (χ3n) is 3.12. The van der Waals surface area contributed by atoms with Crippen LogP contribution in [0.15, 0.2) is 33.9 Å². The van der Waals surface area contributed by atoms with E-state index in [1.165, 1.54) is 4.57 Å². The highest BCUT2D eigenvalue weighted by Crippen LogP contribution is 2.06. The SMILES string of the molecule is Cn1c(=O)n(Cc2nc(N)n[nH]2)c(=O)c2ccccc21. The first-order chi connectivity index (χ1) is 9.58. The van der Waals surface area contributed by atoms with Crippen LogP contribution in [-0.2, 0) is 13.6 Å². The van der Waals surface area contributed by atoms with Crippen LogP contribution in [0.5, 0.6) is 0 Å². The van der Waals surface area contributed by atoms with Gasteiger partial charge >= 0.3 is 5.69 Å². The molecule has 0 amide bonds. The maximum atomic E-state index is 12.4. The predicted octanol–water partition coefficient (Wildman–Crippen LogP) is -0.551. The number of nitrogens with zero attached hydrogens (tertiary/aromatic N) is 4. The summed E-state index contributed by atoms with van der Waals surface area (Å²) in [6.07, 6.45) is 0. The van der Waals surface area contributed by atoms with Crippen LogP contribution >= 0.6 is 0 Å². The van der Waals surface area contributed by atoms with Crippen LogP contribution in [0.1, 0.15) is 5.82 Å². The molecule has 0 unspecified atom stereocenters. The van der Waals surface area contributed by atoms with Crippen molar-refractivity contribution in [1.82, 2.24) is 24.3 Å². The molecule has 0 radical (unpaired) electrons. The van der Waals surface area contributed by atoms with E-state index in [1.807, 2.05) is 0 Å². The van der Waals surface area contributed by atoms with Crippen LogP contribution in [-0.4, -0.2) is 24.3 Å². The molecule has 102 valence electrons. The maximum Gasteiger partial charge on any atom is 0.331 e. The lowest BCUT2D eigenvalue weighted by atomic mass is 10.2. The normalized spacial score (nSPS) is 11.1. The number of nitrogens with two attached hydrogens (primary N) is 1. The number of para-hydroxylation sites is 1. The monoisotopic (exact) mass is 272 g/mol. The number of fused-ring (bicyclic) bond motifs is 1. The van der Waals surface area contributed by atoms with Gasteiger partial charge < -0.3 is 5.73 Å². The molecule has 2 heterocycles. The lowest BCUT2D eigenvalue weighted by molar-refractivity contribution is 0.639. The summed E-state index contributed by atoms with van der Waals surface area (Å²) < 4.78 is 2.53. The van der Waals surface area contributed by atoms with Gasteiger partial charge in [-0.3, -0.25) is 19.0 Å². The third kappa shape index (κ3) is 1.78. The van der Waals surface area contributed by atoms with Crippen molar-refractivity contribution in [2.24, 2.45) is 7.05 Å². The topological polar surface area (TPSA) is 112 Å². The lowest BCUT2D eigenvalue weighted by Crippen LogP contribution is -2.39. The number of hydrogen-bond donors (Lipinski definition) is 2. The Balaban J connectivity index is 2.26. The number of nitrogen functional groups attached to an aromatic ring is 1. The van der Waals surface area contributed by atoms with Crippen molar-refractivity contribution >= 4 is 16.9 Å². The molecular weight excluding hydrogens is 260 g/mol. The van der Waals surface area contributed by atoms with E-state index in [9.17, 15) is 9.59 Å². The van der Waals surface area contributed by atoms with E-state index in [2.05, 4.69) is 15.2 Å². The van der Waals surface area contributed by atoms with Crippen molar-refractivity contribution < 1.29 is 0 Å². The average molecular weight is 272 g/mol. The van der Waals surface area contributed by atoms with Crippen molar-refractivity contribution in [3.63, 3.8) is 0 Å². The molecule has 2 aromatic heterocycles. The summed E-state index contributed by atoms with van der Waals surface area (Å²) in [4.78, 5) is 28.5. The Morgan fingerprint density at radius 3 is 2.75 bits per heavy atom. The zero-order chi connectivity index (χ0) is 14.3. The zero-order valence-corrected chi connectivity index (χ0v) is 10.7. The van der Waals surface area contributed by atoms with Gasteiger partial charge in [-0.05, 0) is 12.1 Å². The van der Waals surface area contributed by atoms with E-state index in [4.69, 9.17) is 5.73 Å². The Kier molecular flexibility index (Phi) is 2.63. The molecule has 8 heteroatoms. The van der Waals surface area contributed by atoms with Crippen LogP contribution in [0, 0.1) is 0 Å². The number of aromatic amines is 1. The van der Waals surface area contributed by atoms with E-state index in [-0.39, 0.29) is 18.1 Å². The second-order valence-electron chi connectivity index (χ2n) is 4.39. The van der Waals surface area contributed by atoms with Gasteiger partial charge in [-0.1, -0.05) is 12.1 Å². The van der Waals surface area contributed by atoms with Gasteiger partial charge in [-0.15, -0.1) is 5.10 Å². The standard InChI is InChI=1S/C12H12N6O2/c1-17-8-5-3-2-4-7(8)10(19)18(12(17)20)6-9-14-11(13)16-15-9/h2-5H,6H2,1H3,(H3,13,14,15,16). The van der Waals surface area contributed by atoms with Crippen molar-refractivity contribution in [3.05, 3.63) is 50.9 Å². The quantitative estimate of drug-likeness (QED) is 0.650. The number of nitrogens with one attached hydrogen (secondary N) is 1. The second kappa shape index (κ2) is 4.34. The van der Waals surface area contributed by atoms with Gasteiger partial charge in [0.25, 0.3) is 5.56 Å². The minimum absolute atomic E-state index is 0.000537. The largest absolute Gasteiger partial charge is 0.367 e. The molecule has 0 aliphatic rings. The molecule has 0 fully saturated rings. The highest BCUT2D eigenvalue weighted by molar-refractivity contribution is 5.77. The molecule has 0 spiro atoms. The number of H-pyrrole nitrogens is 1. The Bertz CT molecular complexity index is 904. The Hall–Kier alpha value is -2.90. The Morgan fingerprint density at radius 1 is 1.30 bits per heavy atom. The molecule has 0 atom stereocenters. The lowest BCUT2D eigenvalue weighted by Gasteiger charge is -2.09. The molecule has 0 aliphatic heterocycles. The summed E-state index contributed by atoms with van der Waals surface area (Å²) in [5, 5.41) is 6.73. The second-order valence-corrected chi connectivity index (χ2v) is 4.39. The van der Waals surface area contributed by atoms with Crippen molar-refractivity contribution in [3.8, 4) is 0 Å². The van der Waals surface area contributed by atoms with Gasteiger partial charge in [-0.25, -0.2) is 4.79 Å². The first-order valence-electron chi connectivity index (χ1n) is 5.93. The van der Waals surface area contributed by atoms with Gasteiger partial charge in [0.2, 0.25) is 5.95 Å². The molecule has 0 saturated carbocycles. The van der Waals surface area contributed by atoms with E-state index in [1.54, 1.807) is 31.3 Å². The molecule has 8 nitrogen and oxygen atoms in total. The number of aryl methyl sites for hydroxylation is 1. The summed E-state index contributed by atoms with van der Waals surface area (Å²) in [7, 11) is 1.62. The minimum atomic E-state index is -0.413. The minimum Gasteiger partial charge on any atom is -0.367 e. The molecule has 3 aromatic rings. The van der Waals surface area contributed by atoms with E-state index >= 15 is 0 Å². The van der Waals surface area contributed by atoms with Gasteiger partial charge in [0.15, 0.2) is 0 Å². The molecule has 0 aliphatic carbocycles. The van der Waals surface area contributed by atoms with Gasteiger partial charge in [-0.2, -0.15) is 4.98 Å². The molecule has 1 aromatic carbocycles.